The fourth-order valence-electron chi connectivity index (χ4n) is 2.47. The van der Waals surface area contributed by atoms with Gasteiger partial charge in [0, 0.05) is 50.3 Å². The highest BCUT2D eigenvalue weighted by molar-refractivity contribution is 7.13. The summed E-state index contributed by atoms with van der Waals surface area (Å²) in [5.74, 6) is 2.37. The molecule has 23 heavy (non-hydrogen) atoms. The van der Waals surface area contributed by atoms with Gasteiger partial charge in [-0.15, -0.1) is 23.7 Å². The Morgan fingerprint density at radius 1 is 1.43 bits per heavy atom. The van der Waals surface area contributed by atoms with Gasteiger partial charge in [-0.25, -0.2) is 4.98 Å². The molecular formula is C15H17N5O2S. The third kappa shape index (κ3) is 3.74. The third-order valence-electron chi connectivity index (χ3n) is 4.06. The number of carbonyl (C=O) groups excluding carboxylic acids is 2. The van der Waals surface area contributed by atoms with E-state index in [0.717, 1.165) is 0 Å². The van der Waals surface area contributed by atoms with Gasteiger partial charge in [0.1, 0.15) is 0 Å². The minimum Gasteiger partial charge on any atom is -0.341 e. The number of nitrogens with zero attached hydrogens (tertiary/aromatic N) is 4. The molecule has 120 valence electrons. The summed E-state index contributed by atoms with van der Waals surface area (Å²) in [6, 6.07) is 0. The monoisotopic (exact) mass is 331 g/mol. The Hall–Kier alpha value is -2.27. The third-order valence-corrected chi connectivity index (χ3v) is 4.75. The minimum atomic E-state index is -0.422. The van der Waals surface area contributed by atoms with E-state index in [0.29, 0.717) is 43.9 Å². The maximum atomic E-state index is 12.1. The van der Waals surface area contributed by atoms with Gasteiger partial charge in [-0.2, -0.15) is 10.2 Å². The summed E-state index contributed by atoms with van der Waals surface area (Å²) in [7, 11) is 0. The van der Waals surface area contributed by atoms with Crippen molar-refractivity contribution in [3.8, 4) is 12.3 Å². The Labute approximate surface area is 138 Å². The van der Waals surface area contributed by atoms with Crippen LogP contribution in [0.1, 0.15) is 25.7 Å². The number of anilines is 1. The number of aromatic nitrogens is 1. The van der Waals surface area contributed by atoms with Gasteiger partial charge in [0.05, 0.1) is 5.92 Å². The van der Waals surface area contributed by atoms with Crippen molar-refractivity contribution in [3.63, 3.8) is 0 Å². The number of thiazole rings is 1. The number of hydrogen-bond donors (Lipinski definition) is 1. The Morgan fingerprint density at radius 3 is 2.83 bits per heavy atom. The molecule has 0 bridgehead atoms. The van der Waals surface area contributed by atoms with Gasteiger partial charge in [-0.1, -0.05) is 0 Å². The first-order chi connectivity index (χ1) is 11.1. The van der Waals surface area contributed by atoms with Crippen molar-refractivity contribution < 1.29 is 9.59 Å². The quantitative estimate of drug-likeness (QED) is 0.774. The normalized spacial score (nSPS) is 18.1. The van der Waals surface area contributed by atoms with Gasteiger partial charge in [-0.3, -0.25) is 9.59 Å². The second-order valence-electron chi connectivity index (χ2n) is 5.71. The molecule has 3 rings (SSSR count). The maximum absolute atomic E-state index is 12.1. The average Bonchev–Trinajstić information content (AvgIpc) is 3.08. The highest BCUT2D eigenvalue weighted by Gasteiger charge is 2.41. The summed E-state index contributed by atoms with van der Waals surface area (Å²) < 4.78 is 0. The first kappa shape index (κ1) is 15.6. The van der Waals surface area contributed by atoms with Gasteiger partial charge in [0.15, 0.2) is 10.8 Å². The van der Waals surface area contributed by atoms with Gasteiger partial charge < -0.3 is 10.2 Å². The maximum Gasteiger partial charge on any atom is 0.232 e. The molecule has 1 fully saturated rings. The lowest BCUT2D eigenvalue weighted by Gasteiger charge is -2.38. The van der Waals surface area contributed by atoms with Gasteiger partial charge in [-0.05, 0) is 0 Å². The summed E-state index contributed by atoms with van der Waals surface area (Å²) in [6.07, 6.45) is 9.18. The summed E-state index contributed by atoms with van der Waals surface area (Å²) in [6.45, 7) is 0.920. The number of hydrogen-bond acceptors (Lipinski definition) is 6. The highest BCUT2D eigenvalue weighted by Crippen LogP contribution is 2.38. The zero-order chi connectivity index (χ0) is 16.3. The molecule has 2 aliphatic rings. The molecule has 0 aromatic carbocycles. The minimum absolute atomic E-state index is 0.0423. The fourth-order valence-corrected chi connectivity index (χ4v) is 3.01. The standard InChI is InChI=1S/C15H17N5O2S/c1-2-3-5-15(18-19-15)6-4-12(21)20-9-11(10-20)13(22)17-14-16-7-8-23-14/h1,7-8,11H,3-6,9-10H2,(H,16,17,22). The van der Waals surface area contributed by atoms with E-state index in [1.54, 1.807) is 16.5 Å². The molecule has 1 aromatic heterocycles. The van der Waals surface area contributed by atoms with E-state index < -0.39 is 5.66 Å². The molecule has 7 nitrogen and oxygen atoms in total. The lowest BCUT2D eigenvalue weighted by Crippen LogP contribution is -2.54. The van der Waals surface area contributed by atoms with Crippen LogP contribution in [0, 0.1) is 18.3 Å². The SMILES string of the molecule is C#CCCC1(CCC(=O)N2CC(C(=O)Nc3nccs3)C2)N=N1. The van der Waals surface area contributed by atoms with Crippen molar-refractivity contribution in [1.82, 2.24) is 9.88 Å². The van der Waals surface area contributed by atoms with Crippen LogP contribution in [0.4, 0.5) is 5.13 Å². The van der Waals surface area contributed by atoms with Crippen molar-refractivity contribution in [2.24, 2.45) is 16.1 Å². The van der Waals surface area contributed by atoms with Crippen LogP contribution in [0.5, 0.6) is 0 Å². The zero-order valence-corrected chi connectivity index (χ0v) is 13.4. The largest absolute Gasteiger partial charge is 0.341 e. The number of rotatable bonds is 7. The molecule has 1 N–H and O–H groups in total. The van der Waals surface area contributed by atoms with Crippen LogP contribution in [0.25, 0.3) is 0 Å². The molecule has 0 spiro atoms. The zero-order valence-electron chi connectivity index (χ0n) is 12.6. The van der Waals surface area contributed by atoms with Crippen LogP contribution < -0.4 is 5.32 Å². The van der Waals surface area contributed by atoms with E-state index >= 15 is 0 Å². The molecule has 0 aliphatic carbocycles. The first-order valence-electron chi connectivity index (χ1n) is 7.47. The van der Waals surface area contributed by atoms with Gasteiger partial charge in [0.25, 0.3) is 0 Å². The Bertz CT molecular complexity index is 652. The van der Waals surface area contributed by atoms with E-state index in [1.807, 2.05) is 0 Å². The van der Waals surface area contributed by atoms with E-state index in [2.05, 4.69) is 26.4 Å². The Morgan fingerprint density at radius 2 is 2.22 bits per heavy atom. The molecule has 3 heterocycles. The highest BCUT2D eigenvalue weighted by atomic mass is 32.1. The summed E-state index contributed by atoms with van der Waals surface area (Å²) in [5, 5.41) is 13.2. The molecule has 8 heteroatoms. The predicted octanol–water partition coefficient (Wildman–Crippen LogP) is 1.90. The molecular weight excluding hydrogens is 314 g/mol. The molecule has 0 unspecified atom stereocenters. The predicted molar refractivity (Wildman–Crippen MR) is 85.7 cm³/mol. The smallest absolute Gasteiger partial charge is 0.232 e. The van der Waals surface area contributed by atoms with Crippen LogP contribution in [0.3, 0.4) is 0 Å². The van der Waals surface area contributed by atoms with Crippen molar-refractivity contribution in [1.29, 1.82) is 0 Å². The van der Waals surface area contributed by atoms with Crippen LogP contribution in [0.15, 0.2) is 21.8 Å². The Balaban J connectivity index is 1.37. The van der Waals surface area contributed by atoms with Crippen molar-refractivity contribution in [2.45, 2.75) is 31.3 Å². The van der Waals surface area contributed by atoms with Crippen LogP contribution in [0.2, 0.25) is 0 Å². The van der Waals surface area contributed by atoms with Crippen LogP contribution in [-0.4, -0.2) is 40.5 Å². The van der Waals surface area contributed by atoms with E-state index in [9.17, 15) is 9.59 Å². The first-order valence-corrected chi connectivity index (χ1v) is 8.35. The lowest BCUT2D eigenvalue weighted by atomic mass is 9.97. The second-order valence-corrected chi connectivity index (χ2v) is 6.60. The number of likely N-dealkylation sites (tertiary alicyclic amines) is 1. The summed E-state index contributed by atoms with van der Waals surface area (Å²) >= 11 is 1.38. The summed E-state index contributed by atoms with van der Waals surface area (Å²) in [5.41, 5.74) is -0.422. The van der Waals surface area contributed by atoms with E-state index in [1.165, 1.54) is 11.3 Å². The molecule has 0 saturated carbocycles. The van der Waals surface area contributed by atoms with Gasteiger partial charge >= 0.3 is 0 Å². The molecule has 0 atom stereocenters. The summed E-state index contributed by atoms with van der Waals surface area (Å²) in [4.78, 5) is 29.8. The van der Waals surface area contributed by atoms with Crippen molar-refractivity contribution in [2.75, 3.05) is 18.4 Å². The van der Waals surface area contributed by atoms with Crippen molar-refractivity contribution in [3.05, 3.63) is 11.6 Å². The average molecular weight is 331 g/mol. The lowest BCUT2D eigenvalue weighted by molar-refractivity contribution is -0.141. The number of amides is 2. The molecule has 2 amide bonds. The molecule has 1 saturated heterocycles. The molecule has 1 aromatic rings. The topological polar surface area (TPSA) is 87.0 Å². The van der Waals surface area contributed by atoms with Crippen molar-refractivity contribution >= 4 is 28.3 Å². The molecule has 0 radical (unpaired) electrons. The van der Waals surface area contributed by atoms with Gasteiger partial charge in [0.2, 0.25) is 11.8 Å². The number of carbonyl (C=O) groups is 2. The van der Waals surface area contributed by atoms with E-state index in [-0.39, 0.29) is 17.7 Å². The van der Waals surface area contributed by atoms with E-state index in [4.69, 9.17) is 6.42 Å². The Kier molecular flexibility index (Phi) is 4.39. The number of terminal acetylenes is 1. The van der Waals surface area contributed by atoms with Crippen LogP contribution >= 0.6 is 11.3 Å². The molecule has 2 aliphatic heterocycles. The van der Waals surface area contributed by atoms with Crippen LogP contribution in [-0.2, 0) is 9.59 Å². The number of nitrogens with one attached hydrogen (secondary N) is 1. The fraction of sp³-hybridized carbons (Fsp3) is 0.533. The second kappa shape index (κ2) is 6.46.